The quantitative estimate of drug-likeness (QED) is 0.906. The average molecular weight is 281 g/mol. The molecule has 0 amide bonds. The third-order valence-electron chi connectivity index (χ3n) is 4.61. The summed E-state index contributed by atoms with van der Waals surface area (Å²) in [6, 6.07) is 19.0. The molecule has 1 aliphatic rings. The zero-order valence-corrected chi connectivity index (χ0v) is 12.3. The van der Waals surface area contributed by atoms with E-state index < -0.39 is 5.60 Å². The first-order chi connectivity index (χ1) is 10.2. The number of hydrogen-bond acceptors (Lipinski definition) is 2. The van der Waals surface area contributed by atoms with Crippen LogP contribution in [0.25, 0.3) is 0 Å². The maximum atomic E-state index is 11.1. The summed E-state index contributed by atoms with van der Waals surface area (Å²) in [5.74, 6) is 0. The van der Waals surface area contributed by atoms with Crippen molar-refractivity contribution in [3.63, 3.8) is 0 Å². The molecule has 1 aliphatic carbocycles. The molecule has 2 nitrogen and oxygen atoms in total. The third kappa shape index (κ3) is 3.17. The summed E-state index contributed by atoms with van der Waals surface area (Å²) in [7, 11) is 0. The molecular formula is C19H23NO. The highest BCUT2D eigenvalue weighted by atomic mass is 16.3. The van der Waals surface area contributed by atoms with Crippen LogP contribution >= 0.6 is 0 Å². The lowest BCUT2D eigenvalue weighted by Crippen LogP contribution is -2.37. The van der Waals surface area contributed by atoms with Crippen LogP contribution in [0.4, 0.5) is 0 Å². The Morgan fingerprint density at radius 1 is 0.952 bits per heavy atom. The summed E-state index contributed by atoms with van der Waals surface area (Å²) in [6.45, 7) is 0. The lowest BCUT2D eigenvalue weighted by atomic mass is 9.76. The van der Waals surface area contributed by atoms with Gasteiger partial charge in [-0.2, -0.15) is 0 Å². The van der Waals surface area contributed by atoms with Crippen molar-refractivity contribution < 1.29 is 5.11 Å². The van der Waals surface area contributed by atoms with E-state index in [0.717, 1.165) is 37.7 Å². The van der Waals surface area contributed by atoms with Gasteiger partial charge in [-0.3, -0.25) is 0 Å². The van der Waals surface area contributed by atoms with Gasteiger partial charge in [0.2, 0.25) is 0 Å². The van der Waals surface area contributed by atoms with Gasteiger partial charge in [0, 0.05) is 6.04 Å². The highest BCUT2D eigenvalue weighted by molar-refractivity contribution is 5.37. The first-order valence-corrected chi connectivity index (χ1v) is 7.78. The molecule has 110 valence electrons. The first-order valence-electron chi connectivity index (χ1n) is 7.78. The summed E-state index contributed by atoms with van der Waals surface area (Å²) < 4.78 is 0. The van der Waals surface area contributed by atoms with Gasteiger partial charge >= 0.3 is 0 Å². The van der Waals surface area contributed by atoms with Gasteiger partial charge in [0.25, 0.3) is 0 Å². The van der Waals surface area contributed by atoms with Crippen LogP contribution in [0.3, 0.4) is 0 Å². The van der Waals surface area contributed by atoms with Gasteiger partial charge in [0.1, 0.15) is 0 Å². The Kier molecular flexibility index (Phi) is 4.09. The maximum Gasteiger partial charge on any atom is 0.0900 e. The van der Waals surface area contributed by atoms with Crippen LogP contribution in [-0.4, -0.2) is 11.1 Å². The van der Waals surface area contributed by atoms with Crippen molar-refractivity contribution in [1.82, 2.24) is 0 Å². The molecule has 0 spiro atoms. The van der Waals surface area contributed by atoms with Crippen molar-refractivity contribution in [2.24, 2.45) is 5.73 Å². The highest BCUT2D eigenvalue weighted by Crippen LogP contribution is 2.38. The van der Waals surface area contributed by atoms with Crippen molar-refractivity contribution in [3.8, 4) is 0 Å². The standard InChI is InChI=1S/C19H23NO/c20-17-10-12-19(21,13-11-17)18-9-5-4-8-16(18)14-15-6-2-1-3-7-15/h1-9,17,21H,10-14,20H2. The second kappa shape index (κ2) is 6.00. The SMILES string of the molecule is NC1CCC(O)(c2ccccc2Cc2ccccc2)CC1. The van der Waals surface area contributed by atoms with Gasteiger partial charge in [-0.05, 0) is 48.8 Å². The fourth-order valence-corrected chi connectivity index (χ4v) is 3.33. The van der Waals surface area contributed by atoms with Crippen molar-refractivity contribution in [2.45, 2.75) is 43.7 Å². The number of benzene rings is 2. The predicted molar refractivity (Wildman–Crippen MR) is 86.0 cm³/mol. The summed E-state index contributed by atoms with van der Waals surface area (Å²) in [6.07, 6.45) is 4.19. The Morgan fingerprint density at radius 2 is 1.57 bits per heavy atom. The number of hydrogen-bond donors (Lipinski definition) is 2. The maximum absolute atomic E-state index is 11.1. The second-order valence-electron chi connectivity index (χ2n) is 6.19. The van der Waals surface area contributed by atoms with Gasteiger partial charge < -0.3 is 10.8 Å². The summed E-state index contributed by atoms with van der Waals surface area (Å²) in [4.78, 5) is 0. The Bertz CT molecular complexity index is 586. The molecule has 2 aromatic rings. The van der Waals surface area contributed by atoms with Gasteiger partial charge in [0.15, 0.2) is 0 Å². The molecule has 0 radical (unpaired) electrons. The molecule has 3 N–H and O–H groups in total. The molecular weight excluding hydrogens is 258 g/mol. The second-order valence-corrected chi connectivity index (χ2v) is 6.19. The zero-order valence-electron chi connectivity index (χ0n) is 12.3. The van der Waals surface area contributed by atoms with Crippen LogP contribution in [0.2, 0.25) is 0 Å². The summed E-state index contributed by atoms with van der Waals surface area (Å²) >= 11 is 0. The van der Waals surface area contributed by atoms with Crippen molar-refractivity contribution in [1.29, 1.82) is 0 Å². The Hall–Kier alpha value is -1.64. The number of aliphatic hydroxyl groups is 1. The minimum atomic E-state index is -0.707. The third-order valence-corrected chi connectivity index (χ3v) is 4.61. The minimum absolute atomic E-state index is 0.242. The van der Waals surface area contributed by atoms with Gasteiger partial charge in [-0.25, -0.2) is 0 Å². The van der Waals surface area contributed by atoms with Crippen molar-refractivity contribution in [3.05, 3.63) is 71.3 Å². The fourth-order valence-electron chi connectivity index (χ4n) is 3.33. The summed E-state index contributed by atoms with van der Waals surface area (Å²) in [5.41, 5.74) is 8.86. The van der Waals surface area contributed by atoms with Gasteiger partial charge in [0.05, 0.1) is 5.60 Å². The van der Waals surface area contributed by atoms with E-state index in [0.29, 0.717) is 0 Å². The Balaban J connectivity index is 1.89. The lowest BCUT2D eigenvalue weighted by Gasteiger charge is -2.36. The molecule has 2 heteroatoms. The molecule has 0 aromatic heterocycles. The van der Waals surface area contributed by atoms with Crippen molar-refractivity contribution in [2.75, 3.05) is 0 Å². The van der Waals surface area contributed by atoms with Crippen LogP contribution in [0.5, 0.6) is 0 Å². The molecule has 3 rings (SSSR count). The molecule has 0 bridgehead atoms. The van der Waals surface area contributed by atoms with E-state index >= 15 is 0 Å². The van der Waals surface area contributed by atoms with Gasteiger partial charge in [-0.15, -0.1) is 0 Å². The molecule has 0 aliphatic heterocycles. The summed E-state index contributed by atoms with van der Waals surface area (Å²) in [5, 5.41) is 11.1. The van der Waals surface area contributed by atoms with Crippen molar-refractivity contribution >= 4 is 0 Å². The molecule has 21 heavy (non-hydrogen) atoms. The monoisotopic (exact) mass is 281 g/mol. The largest absolute Gasteiger partial charge is 0.385 e. The van der Waals surface area contributed by atoms with Gasteiger partial charge in [-0.1, -0.05) is 54.6 Å². The van der Waals surface area contributed by atoms with E-state index in [9.17, 15) is 5.11 Å². The van der Waals surface area contributed by atoms with E-state index in [-0.39, 0.29) is 6.04 Å². The smallest absolute Gasteiger partial charge is 0.0900 e. The van der Waals surface area contributed by atoms with Crippen LogP contribution in [0.1, 0.15) is 42.4 Å². The van der Waals surface area contributed by atoms with Crippen LogP contribution in [-0.2, 0) is 12.0 Å². The molecule has 0 saturated heterocycles. The van der Waals surface area contributed by atoms with E-state index in [1.165, 1.54) is 11.1 Å². The molecule has 0 atom stereocenters. The van der Waals surface area contributed by atoms with E-state index in [4.69, 9.17) is 5.73 Å². The van der Waals surface area contributed by atoms with Crippen LogP contribution < -0.4 is 5.73 Å². The lowest BCUT2D eigenvalue weighted by molar-refractivity contribution is -0.00563. The molecule has 1 saturated carbocycles. The first kappa shape index (κ1) is 14.3. The molecule has 0 unspecified atom stereocenters. The zero-order chi connectivity index (χ0) is 14.7. The molecule has 1 fully saturated rings. The molecule has 0 heterocycles. The normalized spacial score (nSPS) is 25.7. The fraction of sp³-hybridized carbons (Fsp3) is 0.368. The highest BCUT2D eigenvalue weighted by Gasteiger charge is 2.35. The minimum Gasteiger partial charge on any atom is -0.385 e. The van der Waals surface area contributed by atoms with Crippen LogP contribution in [0, 0.1) is 0 Å². The van der Waals surface area contributed by atoms with Crippen LogP contribution in [0.15, 0.2) is 54.6 Å². The Labute approximate surface area is 126 Å². The van der Waals surface area contributed by atoms with E-state index in [1.807, 2.05) is 12.1 Å². The van der Waals surface area contributed by atoms with E-state index in [1.54, 1.807) is 0 Å². The number of nitrogens with two attached hydrogens (primary N) is 1. The average Bonchev–Trinajstić information content (AvgIpc) is 2.52. The Morgan fingerprint density at radius 3 is 2.29 bits per heavy atom. The number of rotatable bonds is 3. The van der Waals surface area contributed by atoms with E-state index in [2.05, 4.69) is 42.5 Å². The predicted octanol–water partition coefficient (Wildman–Crippen LogP) is 3.37. The topological polar surface area (TPSA) is 46.2 Å². The molecule has 2 aromatic carbocycles.